The normalized spacial score (nSPS) is 10.7. The van der Waals surface area contributed by atoms with Crippen molar-refractivity contribution in [3.8, 4) is 11.4 Å². The van der Waals surface area contributed by atoms with Crippen molar-refractivity contribution >= 4 is 23.8 Å². The minimum Gasteiger partial charge on any atom is -0.279 e. The summed E-state index contributed by atoms with van der Waals surface area (Å²) in [6.07, 6.45) is 0.902. The van der Waals surface area contributed by atoms with Gasteiger partial charge < -0.3 is 0 Å². The Morgan fingerprint density at radius 3 is 2.52 bits per heavy atom. The Hall–Kier alpha value is -1.91. The fraction of sp³-hybridized carbons (Fsp3) is 0.125. The maximum atomic E-state index is 6.19. The van der Waals surface area contributed by atoms with Gasteiger partial charge in [0.25, 0.3) is 0 Å². The Morgan fingerprint density at radius 1 is 1.05 bits per heavy atom. The first-order valence-corrected chi connectivity index (χ1v) is 7.48. The van der Waals surface area contributed by atoms with Crippen molar-refractivity contribution in [3.63, 3.8) is 0 Å². The van der Waals surface area contributed by atoms with Gasteiger partial charge in [-0.05, 0) is 36.3 Å². The lowest BCUT2D eigenvalue weighted by Crippen LogP contribution is -2.03. The second-order valence-electron chi connectivity index (χ2n) is 4.72. The molecule has 1 N–H and O–H groups in total. The molecule has 0 saturated heterocycles. The number of halogens is 1. The average molecular weight is 316 g/mol. The molecule has 0 atom stereocenters. The van der Waals surface area contributed by atoms with Crippen LogP contribution >= 0.6 is 23.8 Å². The summed E-state index contributed by atoms with van der Waals surface area (Å²) in [6, 6.07) is 17.9. The Kier molecular flexibility index (Phi) is 4.18. The van der Waals surface area contributed by atoms with Gasteiger partial charge in [-0.15, -0.1) is 0 Å². The van der Waals surface area contributed by atoms with Crippen LogP contribution in [0.1, 0.15) is 5.56 Å². The molecule has 0 amide bonds. The number of aryl methyl sites for hydroxylation is 2. The van der Waals surface area contributed by atoms with Gasteiger partial charge in [-0.25, -0.2) is 0 Å². The van der Waals surface area contributed by atoms with Crippen LogP contribution in [0.15, 0.2) is 54.6 Å². The molecule has 0 spiro atoms. The summed E-state index contributed by atoms with van der Waals surface area (Å²) in [6.45, 7) is 0.764. The third-order valence-corrected chi connectivity index (χ3v) is 3.92. The van der Waals surface area contributed by atoms with Crippen LogP contribution in [0.4, 0.5) is 0 Å². The van der Waals surface area contributed by atoms with Gasteiger partial charge in [0.2, 0.25) is 4.77 Å². The van der Waals surface area contributed by atoms with Crippen molar-refractivity contribution in [3.05, 3.63) is 70.0 Å². The Bertz CT molecular complexity index is 793. The molecule has 3 rings (SSSR count). The molecule has 0 radical (unpaired) electrons. The predicted octanol–water partition coefficient (Wildman–Crippen LogP) is 4.50. The van der Waals surface area contributed by atoms with Gasteiger partial charge in [-0.3, -0.25) is 9.78 Å². The monoisotopic (exact) mass is 315 g/mol. The molecule has 0 aliphatic rings. The van der Waals surface area contributed by atoms with E-state index in [0.29, 0.717) is 15.6 Å². The van der Waals surface area contributed by atoms with Crippen LogP contribution in [0.5, 0.6) is 0 Å². The smallest absolute Gasteiger partial charge is 0.216 e. The molecule has 0 unspecified atom stereocenters. The number of hydrogen-bond donors (Lipinski definition) is 1. The lowest BCUT2D eigenvalue weighted by molar-refractivity contribution is 0.606. The highest BCUT2D eigenvalue weighted by molar-refractivity contribution is 7.71. The van der Waals surface area contributed by atoms with E-state index in [1.54, 1.807) is 0 Å². The van der Waals surface area contributed by atoms with Gasteiger partial charge in [0.05, 0.1) is 5.02 Å². The molecule has 0 saturated carbocycles. The molecule has 0 aliphatic heterocycles. The van der Waals surface area contributed by atoms with Crippen molar-refractivity contribution in [1.29, 1.82) is 0 Å². The standard InChI is InChI=1S/C16H14ClN3S/c17-14-9-5-4-8-13(14)15-18-16(21)20(19-15)11-10-12-6-2-1-3-7-12/h1-9H,10-11H2,(H,18,19,21). The molecule has 3 nitrogen and oxygen atoms in total. The van der Waals surface area contributed by atoms with Gasteiger partial charge >= 0.3 is 0 Å². The van der Waals surface area contributed by atoms with Crippen molar-refractivity contribution in [2.75, 3.05) is 0 Å². The second kappa shape index (κ2) is 6.24. The van der Waals surface area contributed by atoms with Crippen LogP contribution in [0, 0.1) is 4.77 Å². The lowest BCUT2D eigenvalue weighted by Gasteiger charge is -2.03. The summed E-state index contributed by atoms with van der Waals surface area (Å²) in [5.74, 6) is 0.707. The van der Waals surface area contributed by atoms with Crippen molar-refractivity contribution < 1.29 is 0 Å². The molecular weight excluding hydrogens is 302 g/mol. The van der Waals surface area contributed by atoms with E-state index in [9.17, 15) is 0 Å². The summed E-state index contributed by atoms with van der Waals surface area (Å²) in [7, 11) is 0. The average Bonchev–Trinajstić information content (AvgIpc) is 2.88. The van der Waals surface area contributed by atoms with Crippen molar-refractivity contribution in [2.24, 2.45) is 0 Å². The highest BCUT2D eigenvalue weighted by Gasteiger charge is 2.08. The van der Waals surface area contributed by atoms with E-state index in [1.165, 1.54) is 5.56 Å². The molecule has 2 aromatic carbocycles. The number of benzene rings is 2. The lowest BCUT2D eigenvalue weighted by atomic mass is 10.2. The fourth-order valence-electron chi connectivity index (χ4n) is 2.17. The van der Waals surface area contributed by atoms with Crippen LogP contribution < -0.4 is 0 Å². The SMILES string of the molecule is S=c1nc(-c2ccccc2Cl)[nH]n1CCc1ccccc1. The van der Waals surface area contributed by atoms with Crippen LogP contribution in [0.2, 0.25) is 5.02 Å². The Balaban J connectivity index is 1.82. The summed E-state index contributed by atoms with van der Waals surface area (Å²) >= 11 is 11.5. The van der Waals surface area contributed by atoms with Gasteiger partial charge in [0, 0.05) is 12.1 Å². The summed E-state index contributed by atoms with van der Waals surface area (Å²) in [4.78, 5) is 4.39. The van der Waals surface area contributed by atoms with Crippen LogP contribution in [0.25, 0.3) is 11.4 Å². The minimum atomic E-state index is 0.542. The molecule has 106 valence electrons. The van der Waals surface area contributed by atoms with Gasteiger partial charge in [-0.2, -0.15) is 4.98 Å². The first-order valence-electron chi connectivity index (χ1n) is 6.70. The van der Waals surface area contributed by atoms with Crippen LogP contribution in [0.3, 0.4) is 0 Å². The number of aromatic nitrogens is 3. The number of H-pyrrole nitrogens is 1. The summed E-state index contributed by atoms with van der Waals surface area (Å²) < 4.78 is 2.42. The number of rotatable bonds is 4. The van der Waals surface area contributed by atoms with E-state index in [-0.39, 0.29) is 0 Å². The fourth-order valence-corrected chi connectivity index (χ4v) is 2.62. The van der Waals surface area contributed by atoms with Crippen molar-refractivity contribution in [1.82, 2.24) is 14.8 Å². The van der Waals surface area contributed by atoms with Gasteiger partial charge in [0.15, 0.2) is 5.82 Å². The Morgan fingerprint density at radius 2 is 1.76 bits per heavy atom. The third-order valence-electron chi connectivity index (χ3n) is 3.28. The number of hydrogen-bond acceptors (Lipinski definition) is 2. The molecule has 5 heteroatoms. The third kappa shape index (κ3) is 3.23. The zero-order chi connectivity index (χ0) is 14.7. The quantitative estimate of drug-likeness (QED) is 0.719. The molecule has 0 aliphatic carbocycles. The number of nitrogens with zero attached hydrogens (tertiary/aromatic N) is 2. The molecule has 0 bridgehead atoms. The zero-order valence-corrected chi connectivity index (χ0v) is 12.9. The summed E-state index contributed by atoms with van der Waals surface area (Å²) in [5, 5.41) is 3.89. The largest absolute Gasteiger partial charge is 0.279 e. The van der Waals surface area contributed by atoms with Crippen LogP contribution in [-0.4, -0.2) is 14.8 Å². The van der Waals surface area contributed by atoms with E-state index < -0.39 is 0 Å². The van der Waals surface area contributed by atoms with Gasteiger partial charge in [-0.1, -0.05) is 54.1 Å². The Labute approximate surface area is 133 Å². The first kappa shape index (κ1) is 14.0. The molecule has 0 fully saturated rings. The van der Waals surface area contributed by atoms with Crippen molar-refractivity contribution in [2.45, 2.75) is 13.0 Å². The van der Waals surface area contributed by atoms with E-state index in [2.05, 4.69) is 22.2 Å². The predicted molar refractivity (Wildman–Crippen MR) is 88.0 cm³/mol. The highest BCUT2D eigenvalue weighted by Crippen LogP contribution is 2.24. The van der Waals surface area contributed by atoms with E-state index >= 15 is 0 Å². The first-order chi connectivity index (χ1) is 10.2. The van der Waals surface area contributed by atoms with E-state index in [4.69, 9.17) is 23.8 Å². The zero-order valence-electron chi connectivity index (χ0n) is 11.3. The number of aromatic amines is 1. The van der Waals surface area contributed by atoms with Gasteiger partial charge in [0.1, 0.15) is 0 Å². The highest BCUT2D eigenvalue weighted by atomic mass is 35.5. The maximum absolute atomic E-state index is 6.19. The van der Waals surface area contributed by atoms with E-state index in [1.807, 2.05) is 47.1 Å². The van der Waals surface area contributed by atoms with E-state index in [0.717, 1.165) is 18.5 Å². The molecular formula is C16H14ClN3S. The maximum Gasteiger partial charge on any atom is 0.216 e. The molecule has 1 heterocycles. The molecule has 3 aromatic rings. The second-order valence-corrected chi connectivity index (χ2v) is 5.49. The minimum absolute atomic E-state index is 0.542. The molecule has 21 heavy (non-hydrogen) atoms. The summed E-state index contributed by atoms with van der Waals surface area (Å²) in [5.41, 5.74) is 2.14. The molecule has 1 aromatic heterocycles. The topological polar surface area (TPSA) is 33.6 Å². The van der Waals surface area contributed by atoms with Crippen LogP contribution in [-0.2, 0) is 13.0 Å². The number of nitrogens with one attached hydrogen (secondary N) is 1.